The van der Waals surface area contributed by atoms with Crippen LogP contribution < -0.4 is 4.90 Å². The molecule has 9 heteroatoms. The molecule has 0 radical (unpaired) electrons. The predicted octanol–water partition coefficient (Wildman–Crippen LogP) is 2.03. The van der Waals surface area contributed by atoms with Gasteiger partial charge in [-0.15, -0.1) is 0 Å². The van der Waals surface area contributed by atoms with Crippen molar-refractivity contribution >= 4 is 21.5 Å². The average molecular weight is 323 g/mol. The summed E-state index contributed by atoms with van der Waals surface area (Å²) in [5.74, 6) is -1.01. The Balaban J connectivity index is 2.30. The molecule has 116 valence electrons. The molecule has 0 aromatic heterocycles. The molecule has 1 fully saturated rings. The number of rotatable bonds is 3. The van der Waals surface area contributed by atoms with Gasteiger partial charge in [0.1, 0.15) is 6.04 Å². The van der Waals surface area contributed by atoms with Crippen LogP contribution in [-0.2, 0) is 14.6 Å². The van der Waals surface area contributed by atoms with Crippen molar-refractivity contribution in [2.45, 2.75) is 29.3 Å². The molecule has 1 unspecified atom stereocenters. The number of anilines is 1. The Labute approximate surface area is 118 Å². The summed E-state index contributed by atoms with van der Waals surface area (Å²) in [7, 11) is -5.38. The normalized spacial score (nSPS) is 19.8. The fraction of sp³-hybridized carbons (Fsp3) is 0.417. The first kappa shape index (κ1) is 15.6. The average Bonchev–Trinajstić information content (AvgIpc) is 2.86. The molecule has 1 aliphatic rings. The van der Waals surface area contributed by atoms with Gasteiger partial charge < -0.3 is 10.0 Å². The van der Waals surface area contributed by atoms with Gasteiger partial charge in [0.15, 0.2) is 0 Å². The summed E-state index contributed by atoms with van der Waals surface area (Å²) in [6.45, 7) is 0.461. The van der Waals surface area contributed by atoms with Crippen LogP contribution in [0.15, 0.2) is 29.2 Å². The topological polar surface area (TPSA) is 74.7 Å². The first-order chi connectivity index (χ1) is 9.64. The van der Waals surface area contributed by atoms with Crippen LogP contribution in [-0.4, -0.2) is 37.6 Å². The smallest absolute Gasteiger partial charge is 0.480 e. The van der Waals surface area contributed by atoms with Crippen LogP contribution in [0.3, 0.4) is 0 Å². The van der Waals surface area contributed by atoms with Crippen molar-refractivity contribution in [1.29, 1.82) is 0 Å². The second-order valence-electron chi connectivity index (χ2n) is 4.63. The van der Waals surface area contributed by atoms with Crippen LogP contribution in [0.1, 0.15) is 12.8 Å². The molecule has 1 saturated heterocycles. The van der Waals surface area contributed by atoms with Gasteiger partial charge in [-0.3, -0.25) is 0 Å². The Hall–Kier alpha value is -1.77. The second-order valence-corrected chi connectivity index (χ2v) is 6.57. The number of aliphatic carboxylic acids is 1. The zero-order valence-corrected chi connectivity index (χ0v) is 11.5. The molecule has 0 spiro atoms. The number of carboxylic acids is 1. The molecule has 1 atom stereocenters. The summed E-state index contributed by atoms with van der Waals surface area (Å²) in [6.07, 6.45) is 1.09. The van der Waals surface area contributed by atoms with E-state index in [9.17, 15) is 26.4 Å². The molecule has 0 amide bonds. The number of carbonyl (C=O) groups is 1. The number of halogens is 3. The predicted molar refractivity (Wildman–Crippen MR) is 67.7 cm³/mol. The van der Waals surface area contributed by atoms with E-state index in [0.29, 0.717) is 25.1 Å². The number of hydrogen-bond acceptors (Lipinski definition) is 4. The molecule has 0 bridgehead atoms. The highest BCUT2D eigenvalue weighted by Gasteiger charge is 2.46. The van der Waals surface area contributed by atoms with E-state index in [1.54, 1.807) is 0 Å². The van der Waals surface area contributed by atoms with Crippen molar-refractivity contribution in [1.82, 2.24) is 0 Å². The summed E-state index contributed by atoms with van der Waals surface area (Å²) >= 11 is 0. The fourth-order valence-electron chi connectivity index (χ4n) is 2.28. The minimum absolute atomic E-state index is 0.390. The molecular formula is C12H12F3NO4S. The number of alkyl halides is 3. The van der Waals surface area contributed by atoms with E-state index in [1.165, 1.54) is 17.0 Å². The molecule has 1 aliphatic heterocycles. The van der Waals surface area contributed by atoms with Crippen molar-refractivity contribution in [3.63, 3.8) is 0 Å². The van der Waals surface area contributed by atoms with E-state index in [2.05, 4.69) is 0 Å². The monoisotopic (exact) mass is 323 g/mol. The Morgan fingerprint density at radius 3 is 2.29 bits per heavy atom. The summed E-state index contributed by atoms with van der Waals surface area (Å²) in [5, 5.41) is 9.05. The molecule has 1 heterocycles. The largest absolute Gasteiger partial charge is 0.501 e. The zero-order valence-electron chi connectivity index (χ0n) is 10.7. The standard InChI is InChI=1S/C12H12F3NO4S/c13-12(14,15)21(19,20)9-5-3-8(4-6-9)16-7-1-2-10(16)11(17)18/h3-6,10H,1-2,7H2,(H,17,18). The minimum atomic E-state index is -5.38. The number of nitrogens with zero attached hydrogens (tertiary/aromatic N) is 1. The highest BCUT2D eigenvalue weighted by Crippen LogP contribution is 2.32. The fourth-order valence-corrected chi connectivity index (χ4v) is 3.04. The molecule has 2 rings (SSSR count). The lowest BCUT2D eigenvalue weighted by Crippen LogP contribution is -2.35. The first-order valence-corrected chi connectivity index (χ1v) is 7.54. The van der Waals surface area contributed by atoms with Crippen molar-refractivity contribution in [2.75, 3.05) is 11.4 Å². The maximum absolute atomic E-state index is 12.4. The third-order valence-corrected chi connectivity index (χ3v) is 4.82. The Morgan fingerprint density at radius 2 is 1.81 bits per heavy atom. The maximum atomic E-state index is 12.4. The zero-order chi connectivity index (χ0) is 15.8. The maximum Gasteiger partial charge on any atom is 0.501 e. The number of benzene rings is 1. The number of hydrogen-bond donors (Lipinski definition) is 1. The highest BCUT2D eigenvalue weighted by molar-refractivity contribution is 7.92. The van der Waals surface area contributed by atoms with Gasteiger partial charge in [0, 0.05) is 12.2 Å². The van der Waals surface area contributed by atoms with Crippen LogP contribution in [0.5, 0.6) is 0 Å². The van der Waals surface area contributed by atoms with E-state index >= 15 is 0 Å². The van der Waals surface area contributed by atoms with Gasteiger partial charge in [-0.25, -0.2) is 13.2 Å². The van der Waals surface area contributed by atoms with Gasteiger partial charge in [0.25, 0.3) is 9.84 Å². The van der Waals surface area contributed by atoms with Gasteiger partial charge in [-0.05, 0) is 37.1 Å². The lowest BCUT2D eigenvalue weighted by molar-refractivity contribution is -0.138. The van der Waals surface area contributed by atoms with Crippen molar-refractivity contribution in [3.8, 4) is 0 Å². The minimum Gasteiger partial charge on any atom is -0.480 e. The van der Waals surface area contributed by atoms with Gasteiger partial charge in [0.05, 0.1) is 4.90 Å². The molecule has 0 saturated carbocycles. The lowest BCUT2D eigenvalue weighted by Gasteiger charge is -2.23. The Bertz CT molecular complexity index is 639. The molecule has 1 aromatic carbocycles. The van der Waals surface area contributed by atoms with Crippen molar-refractivity contribution < 1.29 is 31.5 Å². The second kappa shape index (κ2) is 5.21. The summed E-state index contributed by atoms with van der Waals surface area (Å²) in [6, 6.07) is 3.33. The first-order valence-electron chi connectivity index (χ1n) is 6.05. The molecule has 21 heavy (non-hydrogen) atoms. The SMILES string of the molecule is O=C(O)C1CCCN1c1ccc(S(=O)(=O)C(F)(F)F)cc1. The van der Waals surface area contributed by atoms with Crippen LogP contribution in [0, 0.1) is 0 Å². The van der Waals surface area contributed by atoms with Crippen LogP contribution in [0.2, 0.25) is 0 Å². The molecular weight excluding hydrogens is 311 g/mol. The van der Waals surface area contributed by atoms with E-state index in [-0.39, 0.29) is 0 Å². The summed E-state index contributed by atoms with van der Waals surface area (Å²) in [5.41, 5.74) is -4.97. The van der Waals surface area contributed by atoms with E-state index in [1.807, 2.05) is 0 Å². The van der Waals surface area contributed by atoms with Gasteiger partial charge in [-0.2, -0.15) is 13.2 Å². The number of sulfone groups is 1. The van der Waals surface area contributed by atoms with Crippen LogP contribution in [0.4, 0.5) is 18.9 Å². The number of carboxylic acid groups (broad SMARTS) is 1. The Kier molecular flexibility index (Phi) is 3.87. The molecule has 0 aliphatic carbocycles. The summed E-state index contributed by atoms with van der Waals surface area (Å²) in [4.78, 5) is 11.7. The van der Waals surface area contributed by atoms with Crippen molar-refractivity contribution in [2.24, 2.45) is 0 Å². The lowest BCUT2D eigenvalue weighted by atomic mass is 10.2. The third kappa shape index (κ3) is 2.82. The third-order valence-electron chi connectivity index (χ3n) is 3.32. The van der Waals surface area contributed by atoms with Crippen molar-refractivity contribution in [3.05, 3.63) is 24.3 Å². The quantitative estimate of drug-likeness (QED) is 0.921. The Morgan fingerprint density at radius 1 is 1.24 bits per heavy atom. The molecule has 1 aromatic rings. The molecule has 5 nitrogen and oxygen atoms in total. The van der Waals surface area contributed by atoms with Gasteiger partial charge in [0.2, 0.25) is 0 Å². The van der Waals surface area contributed by atoms with Gasteiger partial charge >= 0.3 is 11.5 Å². The summed E-state index contributed by atoms with van der Waals surface area (Å²) < 4.78 is 59.7. The van der Waals surface area contributed by atoms with Crippen LogP contribution >= 0.6 is 0 Å². The van der Waals surface area contributed by atoms with Crippen LogP contribution in [0.25, 0.3) is 0 Å². The highest BCUT2D eigenvalue weighted by atomic mass is 32.2. The van der Waals surface area contributed by atoms with E-state index in [0.717, 1.165) is 12.1 Å². The van der Waals surface area contributed by atoms with E-state index < -0.39 is 32.3 Å². The van der Waals surface area contributed by atoms with Gasteiger partial charge in [-0.1, -0.05) is 0 Å². The molecule has 1 N–H and O–H groups in total. The van der Waals surface area contributed by atoms with E-state index in [4.69, 9.17) is 5.11 Å².